The van der Waals surface area contributed by atoms with Crippen LogP contribution in [0.2, 0.25) is 0 Å². The molecule has 6 nitrogen and oxygen atoms in total. The van der Waals surface area contributed by atoms with Crippen LogP contribution in [0.15, 0.2) is 62.2 Å². The Bertz CT molecular complexity index is 1190. The van der Waals surface area contributed by atoms with Crippen LogP contribution in [-0.2, 0) is 4.74 Å². The Balaban J connectivity index is 1.91. The van der Waals surface area contributed by atoms with Crippen LogP contribution in [0.3, 0.4) is 0 Å². The van der Waals surface area contributed by atoms with E-state index in [-0.39, 0.29) is 6.10 Å². The number of anilines is 1. The van der Waals surface area contributed by atoms with Gasteiger partial charge in [0.25, 0.3) is 0 Å². The molecule has 0 spiro atoms. The SMILES string of the molecule is COCCNc1oc2c(c1-c1ccc(OC(C)C)cc1)c(=O)oc1ccccc12. The van der Waals surface area contributed by atoms with Crippen molar-refractivity contribution in [3.8, 4) is 16.9 Å². The second-order valence-electron chi connectivity index (χ2n) is 7.01. The summed E-state index contributed by atoms with van der Waals surface area (Å²) in [7, 11) is 1.64. The van der Waals surface area contributed by atoms with Gasteiger partial charge in [-0.3, -0.25) is 0 Å². The van der Waals surface area contributed by atoms with E-state index in [1.165, 1.54) is 0 Å². The summed E-state index contributed by atoms with van der Waals surface area (Å²) in [5.74, 6) is 1.28. The van der Waals surface area contributed by atoms with Crippen molar-refractivity contribution in [1.82, 2.24) is 0 Å². The summed E-state index contributed by atoms with van der Waals surface area (Å²) in [5, 5.41) is 4.41. The number of hydrogen-bond donors (Lipinski definition) is 1. The number of methoxy groups -OCH3 is 1. The van der Waals surface area contributed by atoms with Crippen molar-refractivity contribution in [2.75, 3.05) is 25.6 Å². The standard InChI is InChI=1S/C23H23NO5/c1-14(2)27-16-10-8-15(9-11-16)19-20-21(29-22(19)24-12-13-26-3)17-6-4-5-7-18(17)28-23(20)25/h4-11,14,24H,12-13H2,1-3H3. The maximum absolute atomic E-state index is 12.8. The first-order valence-electron chi connectivity index (χ1n) is 9.56. The number of ether oxygens (including phenoxy) is 2. The molecule has 0 saturated heterocycles. The number of fused-ring (bicyclic) bond motifs is 3. The van der Waals surface area contributed by atoms with Crippen molar-refractivity contribution in [3.05, 3.63) is 59.0 Å². The molecule has 4 aromatic rings. The van der Waals surface area contributed by atoms with Crippen LogP contribution < -0.4 is 15.7 Å². The zero-order valence-corrected chi connectivity index (χ0v) is 16.7. The molecule has 6 heteroatoms. The van der Waals surface area contributed by atoms with Crippen molar-refractivity contribution in [3.63, 3.8) is 0 Å². The van der Waals surface area contributed by atoms with E-state index in [1.54, 1.807) is 13.2 Å². The van der Waals surface area contributed by atoms with Gasteiger partial charge in [0.05, 0.1) is 23.7 Å². The van der Waals surface area contributed by atoms with Crippen molar-refractivity contribution < 1.29 is 18.3 Å². The highest BCUT2D eigenvalue weighted by Crippen LogP contribution is 2.40. The number of benzene rings is 2. The van der Waals surface area contributed by atoms with Gasteiger partial charge >= 0.3 is 5.63 Å². The Kier molecular flexibility index (Phi) is 5.27. The normalized spacial score (nSPS) is 11.4. The van der Waals surface area contributed by atoms with Crippen molar-refractivity contribution in [1.29, 1.82) is 0 Å². The monoisotopic (exact) mass is 393 g/mol. The average molecular weight is 393 g/mol. The first-order valence-corrected chi connectivity index (χ1v) is 9.56. The Morgan fingerprint density at radius 1 is 1.03 bits per heavy atom. The summed E-state index contributed by atoms with van der Waals surface area (Å²) in [6, 6.07) is 15.0. The lowest BCUT2D eigenvalue weighted by Crippen LogP contribution is -2.08. The molecule has 1 N–H and O–H groups in total. The zero-order valence-electron chi connectivity index (χ0n) is 16.7. The second-order valence-corrected chi connectivity index (χ2v) is 7.01. The summed E-state index contributed by atoms with van der Waals surface area (Å²) in [6.07, 6.45) is 0.0836. The highest BCUT2D eigenvalue weighted by molar-refractivity contribution is 6.09. The number of rotatable bonds is 7. The van der Waals surface area contributed by atoms with E-state index in [1.807, 2.05) is 56.3 Å². The Labute approximate surface area is 168 Å². The molecule has 0 aliphatic heterocycles. The molecule has 0 fully saturated rings. The first kappa shape index (κ1) is 19.1. The molecule has 0 aliphatic carbocycles. The maximum Gasteiger partial charge on any atom is 0.348 e. The first-order chi connectivity index (χ1) is 14.1. The Hall–Kier alpha value is -3.25. The lowest BCUT2D eigenvalue weighted by molar-refractivity contribution is 0.210. The third-order valence-corrected chi connectivity index (χ3v) is 4.55. The molecule has 0 amide bonds. The second kappa shape index (κ2) is 8.01. The van der Waals surface area contributed by atoms with E-state index in [0.717, 1.165) is 16.7 Å². The van der Waals surface area contributed by atoms with Gasteiger partial charge in [0.2, 0.25) is 5.88 Å². The number of hydrogen-bond acceptors (Lipinski definition) is 6. The molecule has 4 rings (SSSR count). The van der Waals surface area contributed by atoms with Crippen LogP contribution in [0.4, 0.5) is 5.88 Å². The molecule has 0 saturated carbocycles. The summed E-state index contributed by atoms with van der Waals surface area (Å²) in [6.45, 7) is 5.01. The van der Waals surface area contributed by atoms with E-state index < -0.39 is 5.63 Å². The molecule has 0 radical (unpaired) electrons. The molecule has 2 aromatic carbocycles. The van der Waals surface area contributed by atoms with Crippen LogP contribution in [0.1, 0.15) is 13.8 Å². The zero-order chi connectivity index (χ0) is 20.4. The molecular weight excluding hydrogens is 370 g/mol. The van der Waals surface area contributed by atoms with Gasteiger partial charge in [-0.25, -0.2) is 4.79 Å². The lowest BCUT2D eigenvalue weighted by atomic mass is 10.0. The van der Waals surface area contributed by atoms with Crippen LogP contribution in [0.5, 0.6) is 5.75 Å². The van der Waals surface area contributed by atoms with Gasteiger partial charge in [-0.15, -0.1) is 0 Å². The number of para-hydroxylation sites is 1. The van der Waals surface area contributed by atoms with Crippen molar-refractivity contribution >= 4 is 27.8 Å². The van der Waals surface area contributed by atoms with Gasteiger partial charge in [0, 0.05) is 13.7 Å². The fourth-order valence-electron chi connectivity index (χ4n) is 3.35. The highest BCUT2D eigenvalue weighted by atomic mass is 16.5. The van der Waals surface area contributed by atoms with E-state index in [9.17, 15) is 4.79 Å². The van der Waals surface area contributed by atoms with E-state index >= 15 is 0 Å². The molecule has 0 unspecified atom stereocenters. The summed E-state index contributed by atoms with van der Waals surface area (Å²) < 4.78 is 22.5. The molecule has 150 valence electrons. The van der Waals surface area contributed by atoms with Crippen molar-refractivity contribution in [2.24, 2.45) is 0 Å². The molecule has 2 heterocycles. The Morgan fingerprint density at radius 3 is 2.52 bits per heavy atom. The summed E-state index contributed by atoms with van der Waals surface area (Å²) in [5.41, 5.74) is 2.08. The van der Waals surface area contributed by atoms with Gasteiger partial charge < -0.3 is 23.6 Å². The fraction of sp³-hybridized carbons (Fsp3) is 0.261. The largest absolute Gasteiger partial charge is 0.491 e. The van der Waals surface area contributed by atoms with Gasteiger partial charge in [-0.05, 0) is 43.7 Å². The Morgan fingerprint density at radius 2 is 1.79 bits per heavy atom. The number of furan rings is 1. The minimum Gasteiger partial charge on any atom is -0.491 e. The smallest absolute Gasteiger partial charge is 0.348 e. The lowest BCUT2D eigenvalue weighted by Gasteiger charge is -2.10. The van der Waals surface area contributed by atoms with Crippen LogP contribution in [0, 0.1) is 0 Å². The summed E-state index contributed by atoms with van der Waals surface area (Å²) >= 11 is 0. The topological polar surface area (TPSA) is 73.8 Å². The number of nitrogens with one attached hydrogen (secondary N) is 1. The molecule has 29 heavy (non-hydrogen) atoms. The molecule has 0 aliphatic rings. The van der Waals surface area contributed by atoms with Gasteiger partial charge in [0.1, 0.15) is 16.7 Å². The highest BCUT2D eigenvalue weighted by Gasteiger charge is 2.22. The quantitative estimate of drug-likeness (QED) is 0.350. The fourth-order valence-corrected chi connectivity index (χ4v) is 3.35. The third kappa shape index (κ3) is 3.71. The van der Waals surface area contributed by atoms with Crippen LogP contribution in [0.25, 0.3) is 33.1 Å². The van der Waals surface area contributed by atoms with Crippen LogP contribution in [-0.4, -0.2) is 26.4 Å². The predicted molar refractivity (Wildman–Crippen MR) is 114 cm³/mol. The van der Waals surface area contributed by atoms with E-state index in [0.29, 0.717) is 41.2 Å². The van der Waals surface area contributed by atoms with Gasteiger partial charge in [-0.2, -0.15) is 0 Å². The van der Waals surface area contributed by atoms with Crippen molar-refractivity contribution in [2.45, 2.75) is 20.0 Å². The van der Waals surface area contributed by atoms with Gasteiger partial charge in [0.15, 0.2) is 5.58 Å². The van der Waals surface area contributed by atoms with Gasteiger partial charge in [-0.1, -0.05) is 24.3 Å². The van der Waals surface area contributed by atoms with E-state index in [4.69, 9.17) is 18.3 Å². The predicted octanol–water partition coefficient (Wildman–Crippen LogP) is 5.05. The molecular formula is C23H23NO5. The molecule has 0 atom stereocenters. The molecule has 0 bridgehead atoms. The summed E-state index contributed by atoms with van der Waals surface area (Å²) in [4.78, 5) is 12.8. The van der Waals surface area contributed by atoms with E-state index in [2.05, 4.69) is 5.32 Å². The molecule has 2 aromatic heterocycles. The van der Waals surface area contributed by atoms with Crippen LogP contribution >= 0.6 is 0 Å². The third-order valence-electron chi connectivity index (χ3n) is 4.55. The minimum atomic E-state index is -0.431. The average Bonchev–Trinajstić information content (AvgIpc) is 3.09. The minimum absolute atomic E-state index is 0.0836. The maximum atomic E-state index is 12.8.